The van der Waals surface area contributed by atoms with Crippen LogP contribution in [0.4, 0.5) is 0 Å². The molecular formula is C15H22N2OS. The van der Waals surface area contributed by atoms with Gasteiger partial charge in [0.05, 0.1) is 5.56 Å². The maximum absolute atomic E-state index is 12.2. The maximum atomic E-state index is 12.2. The van der Waals surface area contributed by atoms with E-state index < -0.39 is 0 Å². The summed E-state index contributed by atoms with van der Waals surface area (Å²) in [5.41, 5.74) is 2.27. The Hall–Kier alpha value is -0.870. The van der Waals surface area contributed by atoms with E-state index in [2.05, 4.69) is 15.6 Å². The van der Waals surface area contributed by atoms with Crippen LogP contribution in [0.15, 0.2) is 5.38 Å². The highest BCUT2D eigenvalue weighted by Gasteiger charge is 2.20. The fourth-order valence-electron chi connectivity index (χ4n) is 3.11. The lowest BCUT2D eigenvalue weighted by atomic mass is 9.96. The third-order valence-corrected chi connectivity index (χ3v) is 5.31. The van der Waals surface area contributed by atoms with Gasteiger partial charge in [-0.05, 0) is 57.2 Å². The Morgan fingerprint density at radius 2 is 2.00 bits per heavy atom. The summed E-state index contributed by atoms with van der Waals surface area (Å²) in [6, 6.07) is 0. The van der Waals surface area contributed by atoms with E-state index >= 15 is 0 Å². The number of hydrogen-bond donors (Lipinski definition) is 1. The molecule has 2 heterocycles. The number of fused-ring (bicyclic) bond motifs is 1. The molecule has 3 rings (SSSR count). The van der Waals surface area contributed by atoms with Crippen molar-refractivity contribution in [1.29, 1.82) is 0 Å². The molecule has 104 valence electrons. The van der Waals surface area contributed by atoms with Crippen LogP contribution in [0.3, 0.4) is 0 Å². The number of likely N-dealkylation sites (tertiary alicyclic amines) is 1. The quantitative estimate of drug-likeness (QED) is 0.917. The molecule has 0 saturated carbocycles. The molecule has 1 saturated heterocycles. The molecule has 0 bridgehead atoms. The Morgan fingerprint density at radius 1 is 1.21 bits per heavy atom. The van der Waals surface area contributed by atoms with Gasteiger partial charge >= 0.3 is 0 Å². The predicted octanol–water partition coefficient (Wildman–Crippen LogP) is 2.45. The van der Waals surface area contributed by atoms with Crippen molar-refractivity contribution >= 4 is 17.2 Å². The topological polar surface area (TPSA) is 32.3 Å². The second kappa shape index (κ2) is 6.06. The first-order valence-electron chi connectivity index (χ1n) is 7.44. The standard InChI is InChI=1S/C15H22N2OS/c18-15(16-7-10-17-8-3-4-9-17)13-11-19-14-6-2-1-5-12(13)14/h11H,1-10H2,(H,16,18). The minimum absolute atomic E-state index is 0.138. The molecule has 1 fully saturated rings. The molecular weight excluding hydrogens is 256 g/mol. The first-order valence-corrected chi connectivity index (χ1v) is 8.32. The van der Waals surface area contributed by atoms with Gasteiger partial charge in [-0.2, -0.15) is 0 Å². The molecule has 0 atom stereocenters. The van der Waals surface area contributed by atoms with Gasteiger partial charge < -0.3 is 10.2 Å². The normalized spacial score (nSPS) is 19.4. The van der Waals surface area contributed by atoms with Crippen LogP contribution in [0.1, 0.15) is 46.5 Å². The van der Waals surface area contributed by atoms with Crippen LogP contribution in [0, 0.1) is 0 Å². The molecule has 0 spiro atoms. The van der Waals surface area contributed by atoms with Crippen LogP contribution in [0.25, 0.3) is 0 Å². The summed E-state index contributed by atoms with van der Waals surface area (Å²) < 4.78 is 0. The van der Waals surface area contributed by atoms with Crippen LogP contribution < -0.4 is 5.32 Å². The highest BCUT2D eigenvalue weighted by Crippen LogP contribution is 2.30. The van der Waals surface area contributed by atoms with Gasteiger partial charge in [-0.25, -0.2) is 0 Å². The van der Waals surface area contributed by atoms with Crippen LogP contribution in [0.2, 0.25) is 0 Å². The van der Waals surface area contributed by atoms with E-state index in [-0.39, 0.29) is 5.91 Å². The van der Waals surface area contributed by atoms with Crippen LogP contribution >= 0.6 is 11.3 Å². The largest absolute Gasteiger partial charge is 0.351 e. The number of amides is 1. The predicted molar refractivity (Wildman–Crippen MR) is 79.0 cm³/mol. The summed E-state index contributed by atoms with van der Waals surface area (Å²) in [7, 11) is 0. The van der Waals surface area contributed by atoms with E-state index in [1.807, 2.05) is 0 Å². The Morgan fingerprint density at radius 3 is 2.84 bits per heavy atom. The Labute approximate surface area is 119 Å². The smallest absolute Gasteiger partial charge is 0.252 e. The lowest BCUT2D eigenvalue weighted by molar-refractivity contribution is 0.0949. The molecule has 0 radical (unpaired) electrons. The summed E-state index contributed by atoms with van der Waals surface area (Å²) in [4.78, 5) is 16.1. The Kier molecular flexibility index (Phi) is 4.18. The Bertz CT molecular complexity index is 449. The fourth-order valence-corrected chi connectivity index (χ4v) is 4.24. The number of nitrogens with zero attached hydrogens (tertiary/aromatic N) is 1. The lowest BCUT2D eigenvalue weighted by Gasteiger charge is -2.15. The van der Waals surface area contributed by atoms with E-state index in [0.717, 1.165) is 25.1 Å². The molecule has 3 nitrogen and oxygen atoms in total. The van der Waals surface area contributed by atoms with Gasteiger partial charge in [0, 0.05) is 23.3 Å². The number of hydrogen-bond acceptors (Lipinski definition) is 3. The van der Waals surface area contributed by atoms with Gasteiger partial charge in [0.1, 0.15) is 0 Å². The van der Waals surface area contributed by atoms with Crippen molar-refractivity contribution in [3.8, 4) is 0 Å². The van der Waals surface area contributed by atoms with Gasteiger partial charge in [-0.1, -0.05) is 0 Å². The summed E-state index contributed by atoms with van der Waals surface area (Å²) in [5.74, 6) is 0.138. The summed E-state index contributed by atoms with van der Waals surface area (Å²) in [6.45, 7) is 4.18. The summed E-state index contributed by atoms with van der Waals surface area (Å²) in [5, 5.41) is 5.14. The number of aryl methyl sites for hydroxylation is 1. The van der Waals surface area contributed by atoms with Gasteiger partial charge in [0.15, 0.2) is 0 Å². The minimum atomic E-state index is 0.138. The van der Waals surface area contributed by atoms with Gasteiger partial charge in [-0.3, -0.25) is 4.79 Å². The molecule has 1 aliphatic carbocycles. The second-order valence-electron chi connectivity index (χ2n) is 5.56. The molecule has 1 N–H and O–H groups in total. The zero-order valence-corrected chi connectivity index (χ0v) is 12.2. The van der Waals surface area contributed by atoms with Crippen LogP contribution in [-0.4, -0.2) is 37.0 Å². The van der Waals surface area contributed by atoms with Crippen LogP contribution in [-0.2, 0) is 12.8 Å². The van der Waals surface area contributed by atoms with E-state index in [1.165, 1.54) is 55.6 Å². The zero-order chi connectivity index (χ0) is 13.1. The highest BCUT2D eigenvalue weighted by atomic mass is 32.1. The van der Waals surface area contributed by atoms with E-state index in [1.54, 1.807) is 11.3 Å². The maximum Gasteiger partial charge on any atom is 0.252 e. The average molecular weight is 278 g/mol. The van der Waals surface area contributed by atoms with Gasteiger partial charge in [0.2, 0.25) is 0 Å². The van der Waals surface area contributed by atoms with E-state index in [9.17, 15) is 4.79 Å². The number of thiophene rings is 1. The van der Waals surface area contributed by atoms with E-state index in [0.29, 0.717) is 0 Å². The molecule has 0 unspecified atom stereocenters. The minimum Gasteiger partial charge on any atom is -0.351 e. The zero-order valence-electron chi connectivity index (χ0n) is 11.4. The third-order valence-electron chi connectivity index (χ3n) is 4.22. The van der Waals surface area contributed by atoms with Crippen molar-refractivity contribution in [2.24, 2.45) is 0 Å². The number of rotatable bonds is 4. The van der Waals surface area contributed by atoms with Crippen molar-refractivity contribution in [3.63, 3.8) is 0 Å². The fraction of sp³-hybridized carbons (Fsp3) is 0.667. The van der Waals surface area contributed by atoms with Crippen molar-refractivity contribution in [2.45, 2.75) is 38.5 Å². The summed E-state index contributed by atoms with van der Waals surface area (Å²) >= 11 is 1.77. The van der Waals surface area contributed by atoms with Crippen molar-refractivity contribution < 1.29 is 4.79 Å². The molecule has 1 aliphatic heterocycles. The number of carbonyl (C=O) groups is 1. The molecule has 0 aromatic carbocycles. The molecule has 1 aromatic heterocycles. The molecule has 2 aliphatic rings. The first-order chi connectivity index (χ1) is 9.34. The molecule has 1 aromatic rings. The van der Waals surface area contributed by atoms with Crippen LogP contribution in [0.5, 0.6) is 0 Å². The number of nitrogens with one attached hydrogen (secondary N) is 1. The summed E-state index contributed by atoms with van der Waals surface area (Å²) in [6.07, 6.45) is 7.40. The molecule has 1 amide bonds. The lowest BCUT2D eigenvalue weighted by Crippen LogP contribution is -2.33. The Balaban J connectivity index is 1.53. The van der Waals surface area contributed by atoms with Gasteiger partial charge in [0.25, 0.3) is 5.91 Å². The molecule has 4 heteroatoms. The number of carbonyl (C=O) groups excluding carboxylic acids is 1. The van der Waals surface area contributed by atoms with Crippen molar-refractivity contribution in [1.82, 2.24) is 10.2 Å². The van der Waals surface area contributed by atoms with Crippen molar-refractivity contribution in [3.05, 3.63) is 21.4 Å². The SMILES string of the molecule is O=C(NCCN1CCCC1)c1csc2c1CCCC2. The monoisotopic (exact) mass is 278 g/mol. The average Bonchev–Trinajstić information content (AvgIpc) is 3.07. The first kappa shape index (κ1) is 13.1. The van der Waals surface area contributed by atoms with Crippen molar-refractivity contribution in [2.75, 3.05) is 26.2 Å². The third kappa shape index (κ3) is 3.00. The van der Waals surface area contributed by atoms with E-state index in [4.69, 9.17) is 0 Å². The highest BCUT2D eigenvalue weighted by molar-refractivity contribution is 7.10. The molecule has 19 heavy (non-hydrogen) atoms. The second-order valence-corrected chi connectivity index (χ2v) is 6.53. The van der Waals surface area contributed by atoms with Gasteiger partial charge in [-0.15, -0.1) is 11.3 Å².